The van der Waals surface area contributed by atoms with Gasteiger partial charge in [0.2, 0.25) is 0 Å². The smallest absolute Gasteiger partial charge is 0.305 e. The van der Waals surface area contributed by atoms with Gasteiger partial charge < -0.3 is 10.8 Å². The fourth-order valence-electron chi connectivity index (χ4n) is 0.239. The summed E-state index contributed by atoms with van der Waals surface area (Å²) in [6.45, 7) is 1.58. The normalized spacial score (nSPS) is 9.57. The highest BCUT2D eigenvalue weighted by atomic mass is 16.4. The van der Waals surface area contributed by atoms with Gasteiger partial charge in [-0.25, -0.2) is 0 Å². The molecule has 0 aromatic rings. The number of aliphatic carboxylic acids is 1. The Hall–Kier alpha value is -0.570. The molecule has 0 atom stereocenters. The van der Waals surface area contributed by atoms with Crippen LogP contribution in [-0.4, -0.2) is 11.1 Å². The van der Waals surface area contributed by atoms with Crippen LogP contribution in [0.4, 0.5) is 0 Å². The topological polar surface area (TPSA) is 63.3 Å². The second-order valence-electron chi connectivity index (χ2n) is 1.42. The van der Waals surface area contributed by atoms with Gasteiger partial charge in [0.25, 0.3) is 0 Å². The Morgan fingerprint density at radius 3 is 2.29 bits per heavy atom. The highest BCUT2D eigenvalue weighted by Crippen LogP contribution is 1.91. The largest absolute Gasteiger partial charge is 0.481 e. The summed E-state index contributed by atoms with van der Waals surface area (Å²) in [6, 6.07) is 0.438. The Balaban J connectivity index is 3.13. The summed E-state index contributed by atoms with van der Waals surface area (Å²) in [4.78, 5) is 9.71. The average Bonchev–Trinajstić information content (AvgIpc) is 1.27. The third-order valence-electron chi connectivity index (χ3n) is 0.430. The molecular weight excluding hydrogens is 94.0 g/mol. The zero-order valence-electron chi connectivity index (χ0n) is 4.14. The van der Waals surface area contributed by atoms with E-state index in [9.17, 15) is 4.79 Å². The van der Waals surface area contributed by atoms with Crippen LogP contribution in [0.25, 0.3) is 0 Å². The Kier molecular flexibility index (Phi) is 2.37. The number of carboxylic acids is 1. The number of hydrogen-bond acceptors (Lipinski definition) is 2. The molecule has 0 bridgehead atoms. The number of carbonyl (C=O) groups is 1. The second-order valence-corrected chi connectivity index (χ2v) is 1.42. The van der Waals surface area contributed by atoms with Crippen LogP contribution >= 0.6 is 0 Å². The number of rotatable bonds is 2. The van der Waals surface area contributed by atoms with E-state index in [1.165, 1.54) is 0 Å². The average molecular weight is 102 g/mol. The summed E-state index contributed by atoms with van der Waals surface area (Å²) in [5.74, 6) is -0.875. The molecule has 0 amide bonds. The summed E-state index contributed by atoms with van der Waals surface area (Å²) in [6.07, 6.45) is -0.0278. The van der Waals surface area contributed by atoms with E-state index >= 15 is 0 Å². The van der Waals surface area contributed by atoms with Gasteiger partial charge in [-0.1, -0.05) is 0 Å². The second kappa shape index (κ2) is 2.58. The van der Waals surface area contributed by atoms with Gasteiger partial charge in [-0.3, -0.25) is 4.79 Å². The first-order chi connectivity index (χ1) is 3.13. The Morgan fingerprint density at radius 1 is 1.86 bits per heavy atom. The predicted octanol–water partition coefficient (Wildman–Crippen LogP) is -0.0283. The highest BCUT2D eigenvalue weighted by Gasteiger charge is 1.99. The molecule has 0 aliphatic rings. The molecule has 7 heavy (non-hydrogen) atoms. The monoisotopic (exact) mass is 102 g/mol. The molecule has 3 heteroatoms. The first-order valence-corrected chi connectivity index (χ1v) is 1.92. The van der Waals surface area contributed by atoms with Crippen LogP contribution in [0.3, 0.4) is 0 Å². The van der Waals surface area contributed by atoms with Gasteiger partial charge in [-0.2, -0.15) is 0 Å². The number of nitrogens with two attached hydrogens (primary N) is 1. The third kappa shape index (κ3) is 5.43. The molecule has 41 valence electrons. The van der Waals surface area contributed by atoms with Crippen LogP contribution in [0.1, 0.15) is 13.3 Å². The van der Waals surface area contributed by atoms with Crippen molar-refractivity contribution in [3.63, 3.8) is 0 Å². The van der Waals surface area contributed by atoms with E-state index in [4.69, 9.17) is 10.8 Å². The van der Waals surface area contributed by atoms with Gasteiger partial charge >= 0.3 is 5.97 Å². The molecule has 0 aliphatic carbocycles. The van der Waals surface area contributed by atoms with Gasteiger partial charge in [0.1, 0.15) is 0 Å². The van der Waals surface area contributed by atoms with Crippen molar-refractivity contribution in [3.8, 4) is 0 Å². The molecule has 0 saturated carbocycles. The standard InChI is InChI=1S/C4H8NO2/c1-3(5)2-4(6)7/h2,5H2,1H3,(H,6,7). The summed E-state index contributed by atoms with van der Waals surface area (Å²) >= 11 is 0. The van der Waals surface area contributed by atoms with Crippen LogP contribution in [0.2, 0.25) is 0 Å². The van der Waals surface area contributed by atoms with Crippen LogP contribution < -0.4 is 5.73 Å². The molecular formula is C4H8NO2. The molecule has 3 N–H and O–H groups in total. The first kappa shape index (κ1) is 6.43. The van der Waals surface area contributed by atoms with Crippen molar-refractivity contribution in [2.24, 2.45) is 5.73 Å². The molecule has 0 aromatic heterocycles. The van der Waals surface area contributed by atoms with Gasteiger partial charge in [-0.05, 0) is 6.92 Å². The summed E-state index contributed by atoms with van der Waals surface area (Å²) in [5, 5.41) is 7.98. The summed E-state index contributed by atoms with van der Waals surface area (Å²) in [5.41, 5.74) is 5.03. The molecule has 0 rings (SSSR count). The lowest BCUT2D eigenvalue weighted by molar-refractivity contribution is -0.136. The van der Waals surface area contributed by atoms with Gasteiger partial charge in [0, 0.05) is 6.04 Å². The van der Waals surface area contributed by atoms with Crippen molar-refractivity contribution in [1.29, 1.82) is 0 Å². The molecule has 1 radical (unpaired) electrons. The molecule has 0 aliphatic heterocycles. The van der Waals surface area contributed by atoms with E-state index in [1.807, 2.05) is 0 Å². The van der Waals surface area contributed by atoms with E-state index in [0.717, 1.165) is 0 Å². The van der Waals surface area contributed by atoms with Gasteiger partial charge in [0.15, 0.2) is 0 Å². The zero-order chi connectivity index (χ0) is 5.86. The minimum atomic E-state index is -0.875. The van der Waals surface area contributed by atoms with Crippen molar-refractivity contribution in [2.75, 3.05) is 0 Å². The SMILES string of the molecule is C[C](N)CC(=O)O. The Morgan fingerprint density at radius 2 is 2.29 bits per heavy atom. The van der Waals surface area contributed by atoms with E-state index < -0.39 is 5.97 Å². The van der Waals surface area contributed by atoms with Crippen LogP contribution in [0.15, 0.2) is 0 Å². The van der Waals surface area contributed by atoms with Gasteiger partial charge in [-0.15, -0.1) is 0 Å². The minimum Gasteiger partial charge on any atom is -0.481 e. The Bertz CT molecular complexity index is 70.1. The van der Waals surface area contributed by atoms with E-state index in [0.29, 0.717) is 6.04 Å². The number of hydrogen-bond donors (Lipinski definition) is 2. The maximum absolute atomic E-state index is 9.71. The minimum absolute atomic E-state index is 0.0278. The van der Waals surface area contributed by atoms with E-state index in [-0.39, 0.29) is 6.42 Å². The van der Waals surface area contributed by atoms with Crippen molar-refractivity contribution in [1.82, 2.24) is 0 Å². The molecule has 3 nitrogen and oxygen atoms in total. The summed E-state index contributed by atoms with van der Waals surface area (Å²) < 4.78 is 0. The molecule has 0 spiro atoms. The number of carboxylic acid groups (broad SMARTS) is 1. The van der Waals surface area contributed by atoms with Crippen LogP contribution in [0.5, 0.6) is 0 Å². The maximum Gasteiger partial charge on any atom is 0.305 e. The first-order valence-electron chi connectivity index (χ1n) is 1.92. The highest BCUT2D eigenvalue weighted by molar-refractivity contribution is 5.68. The quantitative estimate of drug-likeness (QED) is 0.514. The van der Waals surface area contributed by atoms with Crippen molar-refractivity contribution in [2.45, 2.75) is 13.3 Å². The van der Waals surface area contributed by atoms with Crippen molar-refractivity contribution in [3.05, 3.63) is 6.04 Å². The molecule has 0 unspecified atom stereocenters. The fourth-order valence-corrected chi connectivity index (χ4v) is 0.239. The van der Waals surface area contributed by atoms with E-state index in [2.05, 4.69) is 0 Å². The lowest BCUT2D eigenvalue weighted by atomic mass is 10.3. The van der Waals surface area contributed by atoms with Crippen molar-refractivity contribution < 1.29 is 9.90 Å². The summed E-state index contributed by atoms with van der Waals surface area (Å²) in [7, 11) is 0. The lowest BCUT2D eigenvalue weighted by Crippen LogP contribution is -2.09. The van der Waals surface area contributed by atoms with E-state index in [1.54, 1.807) is 6.92 Å². The molecule has 0 heterocycles. The molecule has 0 aromatic carbocycles. The van der Waals surface area contributed by atoms with Crippen LogP contribution in [0, 0.1) is 6.04 Å². The molecule has 0 saturated heterocycles. The third-order valence-corrected chi connectivity index (χ3v) is 0.430. The fraction of sp³-hybridized carbons (Fsp3) is 0.500. The zero-order valence-corrected chi connectivity index (χ0v) is 4.14. The molecule has 0 fully saturated rings. The van der Waals surface area contributed by atoms with Crippen LogP contribution in [-0.2, 0) is 4.79 Å². The lowest BCUT2D eigenvalue weighted by Gasteiger charge is -1.94. The van der Waals surface area contributed by atoms with Crippen molar-refractivity contribution >= 4 is 5.97 Å². The van der Waals surface area contributed by atoms with Gasteiger partial charge in [0.05, 0.1) is 6.42 Å². The predicted molar refractivity (Wildman–Crippen MR) is 25.4 cm³/mol. The Labute approximate surface area is 42.1 Å². The maximum atomic E-state index is 9.71.